The Morgan fingerprint density at radius 2 is 1.53 bits per heavy atom. The van der Waals surface area contributed by atoms with E-state index in [2.05, 4.69) is 0 Å². The number of halogens is 1. The van der Waals surface area contributed by atoms with Crippen molar-refractivity contribution in [2.45, 2.75) is 12.6 Å². The number of ketones is 1. The lowest BCUT2D eigenvalue weighted by atomic mass is 9.95. The lowest BCUT2D eigenvalue weighted by molar-refractivity contribution is -0.132. The predicted octanol–water partition coefficient (Wildman–Crippen LogP) is 6.55. The van der Waals surface area contributed by atoms with E-state index in [0.29, 0.717) is 39.9 Å². The van der Waals surface area contributed by atoms with Gasteiger partial charge in [0.1, 0.15) is 12.4 Å². The summed E-state index contributed by atoms with van der Waals surface area (Å²) in [6, 6.07) is 29.5. The SMILES string of the molecule is COc1cc(C(O)=C2C(=O)C(=O)N(c3ccccc3)C2c2ccc(Cl)cc2)ccc1OCc1ccccc1. The summed E-state index contributed by atoms with van der Waals surface area (Å²) < 4.78 is 11.4. The first kappa shape index (κ1) is 25.1. The van der Waals surface area contributed by atoms with Gasteiger partial charge in [0.25, 0.3) is 11.7 Å². The highest BCUT2D eigenvalue weighted by Gasteiger charge is 2.47. The Balaban J connectivity index is 1.57. The molecule has 1 saturated heterocycles. The molecule has 1 atom stereocenters. The van der Waals surface area contributed by atoms with Crippen molar-refractivity contribution >= 4 is 34.7 Å². The second-order valence-corrected chi connectivity index (χ2v) is 9.13. The zero-order valence-corrected chi connectivity index (χ0v) is 21.3. The fourth-order valence-electron chi connectivity index (χ4n) is 4.47. The van der Waals surface area contributed by atoms with Crippen molar-refractivity contribution in [2.24, 2.45) is 0 Å². The molecule has 1 amide bonds. The molecule has 1 aliphatic heterocycles. The largest absolute Gasteiger partial charge is 0.507 e. The topological polar surface area (TPSA) is 76.1 Å². The fourth-order valence-corrected chi connectivity index (χ4v) is 4.60. The van der Waals surface area contributed by atoms with Crippen LogP contribution in [0.2, 0.25) is 5.02 Å². The van der Waals surface area contributed by atoms with Gasteiger partial charge in [-0.1, -0.05) is 72.3 Å². The Labute approximate surface area is 225 Å². The van der Waals surface area contributed by atoms with Crippen LogP contribution in [0.3, 0.4) is 0 Å². The lowest BCUT2D eigenvalue weighted by Crippen LogP contribution is -2.29. The summed E-state index contributed by atoms with van der Waals surface area (Å²) >= 11 is 6.10. The first-order valence-electron chi connectivity index (χ1n) is 11.9. The quantitative estimate of drug-likeness (QED) is 0.168. The Hall–Kier alpha value is -4.55. The Morgan fingerprint density at radius 3 is 2.18 bits per heavy atom. The molecule has 0 spiro atoms. The molecule has 1 N–H and O–H groups in total. The average Bonchev–Trinajstić information content (AvgIpc) is 3.22. The minimum absolute atomic E-state index is 0.0267. The number of aliphatic hydroxyl groups is 1. The summed E-state index contributed by atoms with van der Waals surface area (Å²) in [4.78, 5) is 28.0. The van der Waals surface area contributed by atoms with E-state index < -0.39 is 17.7 Å². The van der Waals surface area contributed by atoms with Crippen LogP contribution >= 0.6 is 11.6 Å². The lowest BCUT2D eigenvalue weighted by Gasteiger charge is -2.25. The van der Waals surface area contributed by atoms with Crippen molar-refractivity contribution in [2.75, 3.05) is 12.0 Å². The van der Waals surface area contributed by atoms with Crippen molar-refractivity contribution in [3.8, 4) is 11.5 Å². The zero-order chi connectivity index (χ0) is 26.6. The highest BCUT2D eigenvalue weighted by Crippen LogP contribution is 2.43. The number of nitrogens with zero attached hydrogens (tertiary/aromatic N) is 1. The second kappa shape index (κ2) is 10.8. The normalized spacial score (nSPS) is 16.5. The number of carbonyl (C=O) groups is 2. The van der Waals surface area contributed by atoms with Crippen LogP contribution in [-0.4, -0.2) is 23.9 Å². The minimum atomic E-state index is -0.852. The standard InChI is InChI=1S/C31H24ClNO5/c1-37-26-18-22(14-17-25(26)38-19-20-8-4-2-5-9-20)29(34)27-28(21-12-15-23(32)16-13-21)33(31(36)30(27)35)24-10-6-3-7-11-24/h2-18,28,34H,19H2,1H3. The highest BCUT2D eigenvalue weighted by atomic mass is 35.5. The number of amides is 1. The zero-order valence-electron chi connectivity index (χ0n) is 20.5. The van der Waals surface area contributed by atoms with Crippen LogP contribution in [0.4, 0.5) is 5.69 Å². The Morgan fingerprint density at radius 1 is 0.868 bits per heavy atom. The molecular weight excluding hydrogens is 502 g/mol. The molecule has 1 heterocycles. The number of hydrogen-bond donors (Lipinski definition) is 1. The monoisotopic (exact) mass is 525 g/mol. The van der Waals surface area contributed by atoms with Crippen molar-refractivity contribution in [1.29, 1.82) is 0 Å². The van der Waals surface area contributed by atoms with E-state index in [-0.39, 0.29) is 11.3 Å². The van der Waals surface area contributed by atoms with Crippen LogP contribution in [0.5, 0.6) is 11.5 Å². The highest BCUT2D eigenvalue weighted by molar-refractivity contribution is 6.51. The molecule has 4 aromatic rings. The van der Waals surface area contributed by atoms with E-state index in [1.54, 1.807) is 66.7 Å². The molecule has 1 aliphatic rings. The molecule has 0 aromatic heterocycles. The minimum Gasteiger partial charge on any atom is -0.507 e. The summed E-state index contributed by atoms with van der Waals surface area (Å²) in [6.07, 6.45) is 0. The summed E-state index contributed by atoms with van der Waals surface area (Å²) in [5.41, 5.74) is 2.45. The fraction of sp³-hybridized carbons (Fsp3) is 0.0968. The second-order valence-electron chi connectivity index (χ2n) is 8.70. The van der Waals surface area contributed by atoms with Crippen LogP contribution in [0.15, 0.2) is 109 Å². The third-order valence-electron chi connectivity index (χ3n) is 6.34. The molecule has 1 unspecified atom stereocenters. The average molecular weight is 526 g/mol. The van der Waals surface area contributed by atoms with E-state index in [1.165, 1.54) is 12.0 Å². The van der Waals surface area contributed by atoms with E-state index in [9.17, 15) is 14.7 Å². The first-order chi connectivity index (χ1) is 18.5. The number of benzene rings is 4. The summed E-state index contributed by atoms with van der Waals surface area (Å²) in [5, 5.41) is 12.0. The van der Waals surface area contributed by atoms with Gasteiger partial charge in [0.05, 0.1) is 18.7 Å². The number of ether oxygens (including phenoxy) is 2. The van der Waals surface area contributed by atoms with Crippen LogP contribution in [-0.2, 0) is 16.2 Å². The van der Waals surface area contributed by atoms with Crippen LogP contribution in [0.1, 0.15) is 22.7 Å². The van der Waals surface area contributed by atoms with Crippen LogP contribution < -0.4 is 14.4 Å². The molecule has 190 valence electrons. The maximum Gasteiger partial charge on any atom is 0.300 e. The third-order valence-corrected chi connectivity index (χ3v) is 6.59. The molecule has 0 aliphatic carbocycles. The first-order valence-corrected chi connectivity index (χ1v) is 12.3. The molecule has 6 nitrogen and oxygen atoms in total. The van der Waals surface area contributed by atoms with Crippen LogP contribution in [0, 0.1) is 0 Å². The van der Waals surface area contributed by atoms with E-state index in [0.717, 1.165) is 5.56 Å². The van der Waals surface area contributed by atoms with Gasteiger partial charge in [-0.2, -0.15) is 0 Å². The summed E-state index contributed by atoms with van der Waals surface area (Å²) in [5.74, 6) is -0.964. The van der Waals surface area contributed by atoms with Gasteiger partial charge in [-0.05, 0) is 53.6 Å². The summed E-state index contributed by atoms with van der Waals surface area (Å²) in [6.45, 7) is 0.335. The summed E-state index contributed by atoms with van der Waals surface area (Å²) in [7, 11) is 1.50. The molecule has 4 aromatic carbocycles. The Bertz CT molecular complexity index is 1500. The molecule has 5 rings (SSSR count). The van der Waals surface area contributed by atoms with Gasteiger partial charge >= 0.3 is 0 Å². The van der Waals surface area contributed by atoms with Gasteiger partial charge in [-0.25, -0.2) is 0 Å². The number of para-hydroxylation sites is 1. The number of hydrogen-bond acceptors (Lipinski definition) is 5. The number of anilines is 1. The molecular formula is C31H24ClNO5. The van der Waals surface area contributed by atoms with Gasteiger partial charge in [0.2, 0.25) is 0 Å². The van der Waals surface area contributed by atoms with Gasteiger partial charge in [0.15, 0.2) is 11.5 Å². The van der Waals surface area contributed by atoms with Gasteiger partial charge in [-0.3, -0.25) is 14.5 Å². The smallest absolute Gasteiger partial charge is 0.300 e. The van der Waals surface area contributed by atoms with Crippen LogP contribution in [0.25, 0.3) is 5.76 Å². The van der Waals surface area contributed by atoms with E-state index >= 15 is 0 Å². The third kappa shape index (κ3) is 4.86. The van der Waals surface area contributed by atoms with E-state index in [1.807, 2.05) is 36.4 Å². The molecule has 0 bridgehead atoms. The van der Waals surface area contributed by atoms with Gasteiger partial charge in [0, 0.05) is 16.3 Å². The number of methoxy groups -OCH3 is 1. The van der Waals surface area contributed by atoms with Crippen molar-refractivity contribution in [3.63, 3.8) is 0 Å². The van der Waals surface area contributed by atoms with Crippen molar-refractivity contribution in [3.05, 3.63) is 130 Å². The van der Waals surface area contributed by atoms with Crippen molar-refractivity contribution in [1.82, 2.24) is 0 Å². The number of carbonyl (C=O) groups excluding carboxylic acids is 2. The molecule has 38 heavy (non-hydrogen) atoms. The maximum atomic E-state index is 13.3. The predicted molar refractivity (Wildman–Crippen MR) is 146 cm³/mol. The molecule has 7 heteroatoms. The van der Waals surface area contributed by atoms with Gasteiger partial charge < -0.3 is 14.6 Å². The van der Waals surface area contributed by atoms with Crippen molar-refractivity contribution < 1.29 is 24.2 Å². The van der Waals surface area contributed by atoms with E-state index in [4.69, 9.17) is 21.1 Å². The molecule has 0 radical (unpaired) electrons. The maximum absolute atomic E-state index is 13.3. The Kier molecular flexibility index (Phi) is 7.15. The molecule has 1 fully saturated rings. The number of rotatable bonds is 7. The van der Waals surface area contributed by atoms with Gasteiger partial charge in [-0.15, -0.1) is 0 Å². The number of Topliss-reactive ketones (excluding diaryl/α,β-unsaturated/α-hetero) is 1. The molecule has 0 saturated carbocycles. The number of aliphatic hydroxyl groups excluding tert-OH is 1.